The van der Waals surface area contributed by atoms with E-state index in [4.69, 9.17) is 9.47 Å². The molecule has 0 unspecified atom stereocenters. The Kier molecular flexibility index (Phi) is 7.32. The fourth-order valence-corrected chi connectivity index (χ4v) is 2.57. The van der Waals surface area contributed by atoms with E-state index < -0.39 is 18.5 Å². The lowest BCUT2D eigenvalue weighted by Gasteiger charge is -2.07. The van der Waals surface area contributed by atoms with Gasteiger partial charge in [-0.1, -0.05) is 35.5 Å². The minimum absolute atomic E-state index is 0.392. The van der Waals surface area contributed by atoms with Crippen LogP contribution in [0.3, 0.4) is 0 Å². The van der Waals surface area contributed by atoms with E-state index in [2.05, 4.69) is 15.6 Å². The molecule has 1 amide bonds. The molecule has 0 radical (unpaired) electrons. The Balaban J connectivity index is 1.42. The summed E-state index contributed by atoms with van der Waals surface area (Å²) in [4.78, 5) is 23.7. The van der Waals surface area contributed by atoms with Crippen LogP contribution in [0.4, 0.5) is 5.69 Å². The van der Waals surface area contributed by atoms with E-state index in [-0.39, 0.29) is 0 Å². The summed E-state index contributed by atoms with van der Waals surface area (Å²) in [5, 5.41) is 10.6. The van der Waals surface area contributed by atoms with Crippen molar-refractivity contribution in [2.75, 3.05) is 18.5 Å². The molecule has 154 valence electrons. The summed E-state index contributed by atoms with van der Waals surface area (Å²) in [6.07, 6.45) is 4.41. The van der Waals surface area contributed by atoms with Gasteiger partial charge < -0.3 is 14.8 Å². The first kappa shape index (κ1) is 20.8. The molecule has 1 heterocycles. The SMILES string of the molecule is CCOc1ccc(NC(=O)COC(=O)/C=C/c2cn(Cc3ccccc3)nn2)cc1. The molecule has 8 nitrogen and oxygen atoms in total. The fraction of sp³-hybridized carbons (Fsp3) is 0.182. The summed E-state index contributed by atoms with van der Waals surface area (Å²) in [6.45, 7) is 2.65. The van der Waals surface area contributed by atoms with Gasteiger partial charge in [0.1, 0.15) is 11.4 Å². The van der Waals surface area contributed by atoms with Crippen LogP contribution in [0.15, 0.2) is 66.9 Å². The summed E-state index contributed by atoms with van der Waals surface area (Å²) in [7, 11) is 0. The van der Waals surface area contributed by atoms with Crippen molar-refractivity contribution in [1.82, 2.24) is 15.0 Å². The first-order valence-electron chi connectivity index (χ1n) is 9.44. The van der Waals surface area contributed by atoms with Gasteiger partial charge in [-0.3, -0.25) is 4.79 Å². The highest BCUT2D eigenvalue weighted by Crippen LogP contribution is 2.15. The topological polar surface area (TPSA) is 95.3 Å². The number of benzene rings is 2. The number of rotatable bonds is 9. The number of hydrogen-bond acceptors (Lipinski definition) is 6. The Hall–Kier alpha value is -3.94. The predicted molar refractivity (Wildman–Crippen MR) is 112 cm³/mol. The van der Waals surface area contributed by atoms with Crippen molar-refractivity contribution in [3.8, 4) is 5.75 Å². The Morgan fingerprint density at radius 2 is 1.87 bits per heavy atom. The molecule has 3 aromatic rings. The molecule has 0 fully saturated rings. The molecule has 1 aromatic heterocycles. The smallest absolute Gasteiger partial charge is 0.331 e. The number of hydrogen-bond donors (Lipinski definition) is 1. The number of carbonyl (C=O) groups excluding carboxylic acids is 2. The molecule has 30 heavy (non-hydrogen) atoms. The highest BCUT2D eigenvalue weighted by atomic mass is 16.5. The zero-order valence-corrected chi connectivity index (χ0v) is 16.5. The fourth-order valence-electron chi connectivity index (χ4n) is 2.57. The molecule has 1 N–H and O–H groups in total. The van der Waals surface area contributed by atoms with Gasteiger partial charge in [0.2, 0.25) is 0 Å². The molecule has 0 aliphatic heterocycles. The molecular weight excluding hydrogens is 384 g/mol. The average Bonchev–Trinajstić information content (AvgIpc) is 3.20. The Morgan fingerprint density at radius 1 is 1.10 bits per heavy atom. The summed E-state index contributed by atoms with van der Waals surface area (Å²) in [5.41, 5.74) is 2.20. The molecule has 0 aliphatic carbocycles. The van der Waals surface area contributed by atoms with Crippen molar-refractivity contribution in [3.05, 3.63) is 78.1 Å². The van der Waals surface area contributed by atoms with Crippen molar-refractivity contribution in [2.24, 2.45) is 0 Å². The monoisotopic (exact) mass is 406 g/mol. The zero-order chi connectivity index (χ0) is 21.2. The molecule has 0 saturated heterocycles. The lowest BCUT2D eigenvalue weighted by molar-refractivity contribution is -0.142. The van der Waals surface area contributed by atoms with Gasteiger partial charge in [0.05, 0.1) is 19.3 Å². The summed E-state index contributed by atoms with van der Waals surface area (Å²) in [6, 6.07) is 16.8. The highest BCUT2D eigenvalue weighted by molar-refractivity contribution is 5.94. The lowest BCUT2D eigenvalue weighted by atomic mass is 10.2. The van der Waals surface area contributed by atoms with E-state index in [1.807, 2.05) is 37.3 Å². The van der Waals surface area contributed by atoms with E-state index in [0.29, 0.717) is 30.3 Å². The second-order valence-electron chi connectivity index (χ2n) is 6.27. The maximum absolute atomic E-state index is 11.9. The molecule has 3 rings (SSSR count). The zero-order valence-electron chi connectivity index (χ0n) is 16.5. The van der Waals surface area contributed by atoms with Crippen molar-refractivity contribution in [2.45, 2.75) is 13.5 Å². The van der Waals surface area contributed by atoms with E-state index in [1.54, 1.807) is 35.1 Å². The van der Waals surface area contributed by atoms with E-state index in [0.717, 1.165) is 5.56 Å². The van der Waals surface area contributed by atoms with Crippen LogP contribution in [0, 0.1) is 0 Å². The van der Waals surface area contributed by atoms with Gasteiger partial charge in [0, 0.05) is 11.8 Å². The quantitative estimate of drug-likeness (QED) is 0.434. The maximum atomic E-state index is 11.9. The average molecular weight is 406 g/mol. The second kappa shape index (κ2) is 10.6. The number of anilines is 1. The maximum Gasteiger partial charge on any atom is 0.331 e. The van der Waals surface area contributed by atoms with Crippen molar-refractivity contribution >= 4 is 23.6 Å². The van der Waals surface area contributed by atoms with Crippen molar-refractivity contribution < 1.29 is 19.1 Å². The number of ether oxygens (including phenoxy) is 2. The summed E-state index contributed by atoms with van der Waals surface area (Å²) >= 11 is 0. The van der Waals surface area contributed by atoms with Crippen LogP contribution in [-0.4, -0.2) is 40.1 Å². The number of nitrogens with zero attached hydrogens (tertiary/aromatic N) is 3. The Bertz CT molecular complexity index is 997. The van der Waals surface area contributed by atoms with Crippen molar-refractivity contribution in [3.63, 3.8) is 0 Å². The normalized spacial score (nSPS) is 10.7. The first-order valence-corrected chi connectivity index (χ1v) is 9.44. The van der Waals surface area contributed by atoms with E-state index in [9.17, 15) is 9.59 Å². The van der Waals surface area contributed by atoms with Gasteiger partial charge in [-0.2, -0.15) is 0 Å². The number of carbonyl (C=O) groups is 2. The largest absolute Gasteiger partial charge is 0.494 e. The second-order valence-corrected chi connectivity index (χ2v) is 6.27. The van der Waals surface area contributed by atoms with Crippen LogP contribution in [0.2, 0.25) is 0 Å². The lowest BCUT2D eigenvalue weighted by Crippen LogP contribution is -2.20. The molecule has 0 aliphatic rings. The standard InChI is InChI=1S/C22H22N4O4/c1-2-29-20-11-8-18(9-12-20)23-21(27)16-30-22(28)13-10-19-15-26(25-24-19)14-17-6-4-3-5-7-17/h3-13,15H,2,14,16H2,1H3,(H,23,27)/b13-10+. The van der Waals surface area contributed by atoms with Crippen LogP contribution in [0.25, 0.3) is 6.08 Å². The number of nitrogens with one attached hydrogen (secondary N) is 1. The molecule has 0 bridgehead atoms. The van der Waals surface area contributed by atoms with Gasteiger partial charge in [0.25, 0.3) is 5.91 Å². The van der Waals surface area contributed by atoms with Crippen LogP contribution in [0.1, 0.15) is 18.2 Å². The van der Waals surface area contributed by atoms with Gasteiger partial charge in [-0.15, -0.1) is 5.10 Å². The Labute approximate surface area is 174 Å². The summed E-state index contributed by atoms with van der Waals surface area (Å²) < 4.78 is 12.0. The molecular formula is C22H22N4O4. The van der Waals surface area contributed by atoms with Crippen LogP contribution < -0.4 is 10.1 Å². The van der Waals surface area contributed by atoms with Gasteiger partial charge >= 0.3 is 5.97 Å². The molecule has 2 aromatic carbocycles. The summed E-state index contributed by atoms with van der Waals surface area (Å²) in [5.74, 6) is -0.364. The predicted octanol–water partition coefficient (Wildman–Crippen LogP) is 2.92. The number of amides is 1. The third-order valence-corrected chi connectivity index (χ3v) is 3.93. The first-order chi connectivity index (χ1) is 14.6. The molecule has 8 heteroatoms. The minimum Gasteiger partial charge on any atom is -0.494 e. The third-order valence-electron chi connectivity index (χ3n) is 3.93. The Morgan fingerprint density at radius 3 is 2.60 bits per heavy atom. The van der Waals surface area contributed by atoms with Crippen LogP contribution in [0.5, 0.6) is 5.75 Å². The van der Waals surface area contributed by atoms with Crippen molar-refractivity contribution in [1.29, 1.82) is 0 Å². The van der Waals surface area contributed by atoms with Crippen LogP contribution >= 0.6 is 0 Å². The molecule has 0 saturated carbocycles. The number of aromatic nitrogens is 3. The van der Waals surface area contributed by atoms with Gasteiger partial charge in [0.15, 0.2) is 6.61 Å². The van der Waals surface area contributed by atoms with Gasteiger partial charge in [-0.05, 0) is 42.8 Å². The van der Waals surface area contributed by atoms with Crippen LogP contribution in [-0.2, 0) is 20.9 Å². The third kappa shape index (κ3) is 6.59. The van der Waals surface area contributed by atoms with E-state index in [1.165, 1.54) is 12.2 Å². The molecule has 0 spiro atoms. The molecule has 0 atom stereocenters. The number of esters is 1. The minimum atomic E-state index is -0.644. The van der Waals surface area contributed by atoms with Gasteiger partial charge in [-0.25, -0.2) is 9.48 Å². The van der Waals surface area contributed by atoms with E-state index >= 15 is 0 Å². The highest BCUT2D eigenvalue weighted by Gasteiger charge is 2.06.